The second-order valence-electron chi connectivity index (χ2n) is 5.63. The lowest BCUT2D eigenvalue weighted by Gasteiger charge is -2.32. The third-order valence-electron chi connectivity index (χ3n) is 3.92. The van der Waals surface area contributed by atoms with E-state index in [0.717, 1.165) is 37.6 Å². The number of aromatic nitrogens is 1. The normalized spacial score (nSPS) is 15.5. The van der Waals surface area contributed by atoms with Gasteiger partial charge in [0.25, 0.3) is 5.91 Å². The Morgan fingerprint density at radius 2 is 1.91 bits per heavy atom. The molecular weight excluding hydrogens is 312 g/mol. The number of halogens is 1. The van der Waals surface area contributed by atoms with Crippen LogP contribution in [0.1, 0.15) is 10.5 Å². The van der Waals surface area contributed by atoms with Crippen molar-refractivity contribution in [1.29, 1.82) is 0 Å². The fourth-order valence-electron chi connectivity index (χ4n) is 2.51. The summed E-state index contributed by atoms with van der Waals surface area (Å²) in [6, 6.07) is 11.1. The van der Waals surface area contributed by atoms with Crippen molar-refractivity contribution in [2.45, 2.75) is 0 Å². The minimum atomic E-state index is -0.0269. The van der Waals surface area contributed by atoms with E-state index in [9.17, 15) is 4.79 Å². The fourth-order valence-corrected chi connectivity index (χ4v) is 2.70. The molecular formula is C17H19ClN4O. The molecule has 1 aromatic heterocycles. The van der Waals surface area contributed by atoms with Gasteiger partial charge in [-0.2, -0.15) is 0 Å². The van der Waals surface area contributed by atoms with Gasteiger partial charge in [-0.15, -0.1) is 0 Å². The van der Waals surface area contributed by atoms with Crippen molar-refractivity contribution >= 4 is 28.9 Å². The van der Waals surface area contributed by atoms with Crippen molar-refractivity contribution in [2.75, 3.05) is 38.5 Å². The van der Waals surface area contributed by atoms with Crippen LogP contribution in [0, 0.1) is 0 Å². The molecule has 1 saturated heterocycles. The predicted molar refractivity (Wildman–Crippen MR) is 92.4 cm³/mol. The third-order valence-corrected chi connectivity index (χ3v) is 4.25. The Balaban J connectivity index is 1.75. The molecule has 5 nitrogen and oxygen atoms in total. The van der Waals surface area contributed by atoms with Gasteiger partial charge in [-0.05, 0) is 31.3 Å². The van der Waals surface area contributed by atoms with Crippen LogP contribution in [0.15, 0.2) is 42.6 Å². The number of hydrogen-bond donors (Lipinski definition) is 1. The average molecular weight is 331 g/mol. The number of piperazine rings is 1. The molecule has 2 aromatic rings. The quantitative estimate of drug-likeness (QED) is 0.940. The van der Waals surface area contributed by atoms with Crippen LogP contribution in [0.3, 0.4) is 0 Å². The molecule has 1 aliphatic heterocycles. The number of nitrogens with one attached hydrogen (secondary N) is 1. The number of anilines is 2. The molecule has 1 N–H and O–H groups in total. The molecule has 0 saturated carbocycles. The van der Waals surface area contributed by atoms with Gasteiger partial charge in [0.2, 0.25) is 0 Å². The number of benzene rings is 1. The van der Waals surface area contributed by atoms with Crippen molar-refractivity contribution < 1.29 is 4.79 Å². The van der Waals surface area contributed by atoms with Gasteiger partial charge in [0.15, 0.2) is 0 Å². The second kappa shape index (κ2) is 6.98. The van der Waals surface area contributed by atoms with Crippen molar-refractivity contribution in [3.63, 3.8) is 0 Å². The lowest BCUT2D eigenvalue weighted by atomic mass is 10.2. The molecule has 0 bridgehead atoms. The first kappa shape index (κ1) is 15.8. The van der Waals surface area contributed by atoms with Gasteiger partial charge in [0, 0.05) is 38.1 Å². The summed E-state index contributed by atoms with van der Waals surface area (Å²) < 4.78 is 0. The van der Waals surface area contributed by atoms with E-state index >= 15 is 0 Å². The molecule has 1 aliphatic rings. The van der Waals surface area contributed by atoms with Crippen LogP contribution in [0.2, 0.25) is 5.02 Å². The zero-order chi connectivity index (χ0) is 16.2. The Morgan fingerprint density at radius 3 is 2.65 bits per heavy atom. The summed E-state index contributed by atoms with van der Waals surface area (Å²) in [5.41, 5.74) is 2.05. The highest BCUT2D eigenvalue weighted by Gasteiger charge is 2.21. The van der Waals surface area contributed by atoms with Crippen molar-refractivity contribution in [1.82, 2.24) is 14.8 Å². The molecule has 0 atom stereocenters. The van der Waals surface area contributed by atoms with Gasteiger partial charge in [-0.25, -0.2) is 0 Å². The number of para-hydroxylation sites is 1. The summed E-state index contributed by atoms with van der Waals surface area (Å²) in [6.45, 7) is 3.25. The first-order valence-electron chi connectivity index (χ1n) is 7.59. The molecule has 0 aliphatic carbocycles. The molecule has 6 heteroatoms. The molecule has 0 radical (unpaired) electrons. The topological polar surface area (TPSA) is 48.5 Å². The van der Waals surface area contributed by atoms with Gasteiger partial charge in [-0.1, -0.05) is 23.7 Å². The molecule has 3 rings (SSSR count). The Kier molecular flexibility index (Phi) is 4.79. The third kappa shape index (κ3) is 3.81. The SMILES string of the molecule is CN1CCN(C(=O)c2cc(Nc3ccccc3Cl)ccn2)CC1. The largest absolute Gasteiger partial charge is 0.354 e. The highest BCUT2D eigenvalue weighted by Crippen LogP contribution is 2.25. The minimum absolute atomic E-state index is 0.0269. The lowest BCUT2D eigenvalue weighted by Crippen LogP contribution is -2.47. The molecule has 1 fully saturated rings. The van der Waals surface area contributed by atoms with Crippen LogP contribution in [0.4, 0.5) is 11.4 Å². The summed E-state index contributed by atoms with van der Waals surface area (Å²) in [5.74, 6) is -0.0269. The maximum absolute atomic E-state index is 12.6. The molecule has 120 valence electrons. The number of amides is 1. The zero-order valence-corrected chi connectivity index (χ0v) is 13.8. The number of carbonyl (C=O) groups excluding carboxylic acids is 1. The molecule has 2 heterocycles. The first-order valence-corrected chi connectivity index (χ1v) is 7.97. The molecule has 0 unspecified atom stereocenters. The van der Waals surface area contributed by atoms with Crippen molar-refractivity contribution in [2.24, 2.45) is 0 Å². The smallest absolute Gasteiger partial charge is 0.272 e. The van der Waals surface area contributed by atoms with Gasteiger partial charge in [-0.3, -0.25) is 9.78 Å². The van der Waals surface area contributed by atoms with Gasteiger partial charge in [0.05, 0.1) is 10.7 Å². The first-order chi connectivity index (χ1) is 11.1. The summed E-state index contributed by atoms with van der Waals surface area (Å²) in [7, 11) is 2.06. The fraction of sp³-hybridized carbons (Fsp3) is 0.294. The number of hydrogen-bond acceptors (Lipinski definition) is 4. The van der Waals surface area contributed by atoms with Crippen molar-refractivity contribution in [3.05, 3.63) is 53.3 Å². The zero-order valence-electron chi connectivity index (χ0n) is 13.0. The van der Waals surface area contributed by atoms with Crippen LogP contribution >= 0.6 is 11.6 Å². The minimum Gasteiger partial charge on any atom is -0.354 e. The van der Waals surface area contributed by atoms with E-state index in [4.69, 9.17) is 11.6 Å². The highest BCUT2D eigenvalue weighted by atomic mass is 35.5. The maximum Gasteiger partial charge on any atom is 0.272 e. The van der Waals surface area contributed by atoms with Crippen LogP contribution in [-0.4, -0.2) is 53.9 Å². The standard InChI is InChI=1S/C17H19ClN4O/c1-21-8-10-22(11-9-21)17(23)16-12-13(6-7-19-16)20-15-5-3-2-4-14(15)18/h2-7,12H,8-11H2,1H3,(H,19,20). The molecule has 1 aromatic carbocycles. The molecule has 1 amide bonds. The monoisotopic (exact) mass is 330 g/mol. The van der Waals surface area contributed by atoms with Gasteiger partial charge >= 0.3 is 0 Å². The summed E-state index contributed by atoms with van der Waals surface area (Å²) in [4.78, 5) is 20.9. The van der Waals surface area contributed by atoms with E-state index in [1.165, 1.54) is 0 Å². The Morgan fingerprint density at radius 1 is 1.17 bits per heavy atom. The Hall–Kier alpha value is -2.11. The molecule has 0 spiro atoms. The van der Waals surface area contributed by atoms with Crippen LogP contribution < -0.4 is 5.32 Å². The highest BCUT2D eigenvalue weighted by molar-refractivity contribution is 6.33. The van der Waals surface area contributed by atoms with E-state index in [0.29, 0.717) is 10.7 Å². The second-order valence-corrected chi connectivity index (χ2v) is 6.04. The number of likely N-dealkylation sites (N-methyl/N-ethyl adjacent to an activating group) is 1. The predicted octanol–water partition coefficient (Wildman–Crippen LogP) is 2.87. The van der Waals surface area contributed by atoms with E-state index < -0.39 is 0 Å². The number of carbonyl (C=O) groups is 1. The number of pyridine rings is 1. The van der Waals surface area contributed by atoms with E-state index in [1.807, 2.05) is 35.2 Å². The number of nitrogens with zero attached hydrogens (tertiary/aromatic N) is 3. The molecule has 23 heavy (non-hydrogen) atoms. The lowest BCUT2D eigenvalue weighted by molar-refractivity contribution is 0.0658. The summed E-state index contributed by atoms with van der Waals surface area (Å²) >= 11 is 6.15. The Bertz CT molecular complexity index is 698. The maximum atomic E-state index is 12.6. The van der Waals surface area contributed by atoms with E-state index in [2.05, 4.69) is 22.2 Å². The van der Waals surface area contributed by atoms with E-state index in [-0.39, 0.29) is 5.91 Å². The van der Waals surface area contributed by atoms with Crippen molar-refractivity contribution in [3.8, 4) is 0 Å². The average Bonchev–Trinajstić information content (AvgIpc) is 2.57. The van der Waals surface area contributed by atoms with Gasteiger partial charge < -0.3 is 15.1 Å². The van der Waals surface area contributed by atoms with Gasteiger partial charge in [0.1, 0.15) is 5.69 Å². The van der Waals surface area contributed by atoms with Crippen LogP contribution in [-0.2, 0) is 0 Å². The summed E-state index contributed by atoms with van der Waals surface area (Å²) in [6.07, 6.45) is 1.64. The van der Waals surface area contributed by atoms with Crippen LogP contribution in [0.5, 0.6) is 0 Å². The van der Waals surface area contributed by atoms with Crippen LogP contribution in [0.25, 0.3) is 0 Å². The number of rotatable bonds is 3. The van der Waals surface area contributed by atoms with E-state index in [1.54, 1.807) is 12.3 Å². The Labute approximate surface area is 140 Å². The summed E-state index contributed by atoms with van der Waals surface area (Å²) in [5, 5.41) is 3.86.